The lowest BCUT2D eigenvalue weighted by Crippen LogP contribution is -1.97. The lowest BCUT2D eigenvalue weighted by Gasteiger charge is -1.98. The summed E-state index contributed by atoms with van der Waals surface area (Å²) in [6.07, 6.45) is 3.96. The Hall–Kier alpha value is -2.25. The molecule has 6 nitrogen and oxygen atoms in total. The van der Waals surface area contributed by atoms with Gasteiger partial charge in [-0.05, 0) is 23.8 Å². The maximum atomic E-state index is 5.13. The number of rotatable bonds is 5. The predicted octanol–water partition coefficient (Wildman–Crippen LogP) is 2.51. The predicted molar refractivity (Wildman–Crippen MR) is 81.3 cm³/mol. The second-order valence-corrected chi connectivity index (χ2v) is 5.28. The monoisotopic (exact) mass is 302 g/mol. The van der Waals surface area contributed by atoms with Gasteiger partial charge in [-0.3, -0.25) is 0 Å². The van der Waals surface area contributed by atoms with Crippen LogP contribution in [0.4, 0.5) is 0 Å². The molecule has 0 fully saturated rings. The number of fused-ring (bicyclic) bond motifs is 1. The van der Waals surface area contributed by atoms with Crippen molar-refractivity contribution in [3.8, 4) is 5.75 Å². The second kappa shape index (κ2) is 6.02. The third-order valence-corrected chi connectivity index (χ3v) is 3.74. The fraction of sp³-hybridized carbons (Fsp3) is 0.214. The van der Waals surface area contributed by atoms with Crippen molar-refractivity contribution in [3.63, 3.8) is 0 Å². The highest BCUT2D eigenvalue weighted by Gasteiger charge is 2.09. The third-order valence-electron chi connectivity index (χ3n) is 2.88. The topological polar surface area (TPSA) is 61.5 Å². The number of hydrogen-bond acceptors (Lipinski definition) is 6. The minimum Gasteiger partial charge on any atom is -0.497 e. The van der Waals surface area contributed by atoms with E-state index in [1.165, 1.54) is 11.3 Å². The van der Waals surface area contributed by atoms with Gasteiger partial charge < -0.3 is 9.47 Å². The van der Waals surface area contributed by atoms with E-state index in [4.69, 9.17) is 9.47 Å². The summed E-state index contributed by atoms with van der Waals surface area (Å²) >= 11 is 1.48. The zero-order valence-corrected chi connectivity index (χ0v) is 12.5. The molecule has 108 valence electrons. The lowest BCUT2D eigenvalue weighted by atomic mass is 10.2. The average molecular weight is 302 g/mol. The largest absolute Gasteiger partial charge is 0.497 e. The molecule has 2 aromatic heterocycles. The van der Waals surface area contributed by atoms with Crippen LogP contribution in [-0.2, 0) is 11.3 Å². The standard InChI is InChI=1S/C14H14N4O2S/c1-19-9-12-15-16-14-18(12)17-13(21-14)8-5-10-3-6-11(20-2)7-4-10/h3-8H,9H2,1-2H3. The van der Waals surface area contributed by atoms with Crippen molar-refractivity contribution < 1.29 is 9.47 Å². The molecule has 0 aliphatic carbocycles. The quantitative estimate of drug-likeness (QED) is 0.724. The molecule has 0 aliphatic rings. The Balaban J connectivity index is 1.81. The van der Waals surface area contributed by atoms with Crippen LogP contribution in [0.2, 0.25) is 0 Å². The molecule has 21 heavy (non-hydrogen) atoms. The van der Waals surface area contributed by atoms with Crippen LogP contribution in [-0.4, -0.2) is 34.0 Å². The van der Waals surface area contributed by atoms with E-state index in [0.29, 0.717) is 12.4 Å². The summed E-state index contributed by atoms with van der Waals surface area (Å²) in [6.45, 7) is 0.395. The summed E-state index contributed by atoms with van der Waals surface area (Å²) < 4.78 is 11.9. The molecular formula is C14H14N4O2S. The molecule has 0 amide bonds. The fourth-order valence-corrected chi connectivity index (χ4v) is 2.60. The van der Waals surface area contributed by atoms with Gasteiger partial charge in [0.2, 0.25) is 4.96 Å². The highest BCUT2D eigenvalue weighted by molar-refractivity contribution is 7.17. The molecule has 7 heteroatoms. The first-order valence-corrected chi connectivity index (χ1v) is 7.14. The number of hydrogen-bond donors (Lipinski definition) is 0. The summed E-state index contributed by atoms with van der Waals surface area (Å²) in [5.41, 5.74) is 1.08. The Bertz CT molecular complexity index is 761. The first-order valence-electron chi connectivity index (χ1n) is 6.32. The zero-order chi connectivity index (χ0) is 14.7. The number of nitrogens with zero attached hydrogens (tertiary/aromatic N) is 4. The van der Waals surface area contributed by atoms with Gasteiger partial charge in [-0.2, -0.15) is 9.61 Å². The Labute approximate surface area is 125 Å². The van der Waals surface area contributed by atoms with Crippen LogP contribution in [0.25, 0.3) is 17.1 Å². The Kier molecular flexibility index (Phi) is 3.94. The minimum absolute atomic E-state index is 0.395. The summed E-state index contributed by atoms with van der Waals surface area (Å²) in [7, 11) is 3.28. The first-order chi connectivity index (χ1) is 10.3. The van der Waals surface area contributed by atoms with Gasteiger partial charge in [-0.15, -0.1) is 10.2 Å². The molecule has 0 saturated carbocycles. The summed E-state index contributed by atoms with van der Waals surface area (Å²) in [6, 6.07) is 7.84. The molecule has 0 N–H and O–H groups in total. The smallest absolute Gasteiger partial charge is 0.235 e. The van der Waals surface area contributed by atoms with Crippen LogP contribution in [0.5, 0.6) is 5.75 Å². The molecule has 2 heterocycles. The molecule has 3 aromatic rings. The number of aromatic nitrogens is 4. The van der Waals surface area contributed by atoms with Crippen LogP contribution in [0.1, 0.15) is 16.4 Å². The van der Waals surface area contributed by atoms with E-state index < -0.39 is 0 Å². The van der Waals surface area contributed by atoms with Crippen molar-refractivity contribution in [1.29, 1.82) is 0 Å². The SMILES string of the molecule is COCc1nnc2sc(C=Cc3ccc(OC)cc3)nn12. The Morgan fingerprint density at radius 3 is 2.67 bits per heavy atom. The summed E-state index contributed by atoms with van der Waals surface area (Å²) in [4.78, 5) is 0.761. The van der Waals surface area contributed by atoms with Gasteiger partial charge in [0.25, 0.3) is 0 Å². The fourth-order valence-electron chi connectivity index (χ4n) is 1.84. The van der Waals surface area contributed by atoms with Gasteiger partial charge in [0.1, 0.15) is 17.4 Å². The van der Waals surface area contributed by atoms with Gasteiger partial charge in [0.15, 0.2) is 5.82 Å². The van der Waals surface area contributed by atoms with E-state index in [9.17, 15) is 0 Å². The van der Waals surface area contributed by atoms with Crippen molar-refractivity contribution in [1.82, 2.24) is 19.8 Å². The molecular weight excluding hydrogens is 288 g/mol. The normalized spacial score (nSPS) is 11.5. The van der Waals surface area contributed by atoms with Crippen molar-refractivity contribution in [3.05, 3.63) is 40.7 Å². The third kappa shape index (κ3) is 2.93. The molecule has 0 spiro atoms. The van der Waals surface area contributed by atoms with Gasteiger partial charge in [-0.25, -0.2) is 0 Å². The van der Waals surface area contributed by atoms with E-state index in [2.05, 4.69) is 15.3 Å². The van der Waals surface area contributed by atoms with Crippen LogP contribution in [0.3, 0.4) is 0 Å². The van der Waals surface area contributed by atoms with E-state index in [0.717, 1.165) is 21.3 Å². The van der Waals surface area contributed by atoms with Crippen molar-refractivity contribution in [2.45, 2.75) is 6.61 Å². The molecule has 0 aliphatic heterocycles. The number of benzene rings is 1. The minimum atomic E-state index is 0.395. The van der Waals surface area contributed by atoms with E-state index in [1.54, 1.807) is 18.7 Å². The molecule has 0 saturated heterocycles. The van der Waals surface area contributed by atoms with Crippen LogP contribution >= 0.6 is 11.3 Å². The summed E-state index contributed by atoms with van der Waals surface area (Å²) in [5, 5.41) is 13.4. The van der Waals surface area contributed by atoms with Gasteiger partial charge in [0.05, 0.1) is 7.11 Å². The molecule has 0 unspecified atom stereocenters. The van der Waals surface area contributed by atoms with Gasteiger partial charge in [-0.1, -0.05) is 29.5 Å². The number of ether oxygens (including phenoxy) is 2. The van der Waals surface area contributed by atoms with Crippen LogP contribution < -0.4 is 4.74 Å². The molecule has 0 bridgehead atoms. The highest BCUT2D eigenvalue weighted by atomic mass is 32.1. The highest BCUT2D eigenvalue weighted by Crippen LogP contribution is 2.18. The van der Waals surface area contributed by atoms with E-state index in [1.807, 2.05) is 36.4 Å². The average Bonchev–Trinajstić information content (AvgIpc) is 3.08. The van der Waals surface area contributed by atoms with Crippen LogP contribution in [0.15, 0.2) is 24.3 Å². The molecule has 0 radical (unpaired) electrons. The molecule has 3 rings (SSSR count). The maximum absolute atomic E-state index is 5.13. The molecule has 0 atom stereocenters. The van der Waals surface area contributed by atoms with Crippen molar-refractivity contribution >= 4 is 28.4 Å². The van der Waals surface area contributed by atoms with Gasteiger partial charge in [0, 0.05) is 7.11 Å². The van der Waals surface area contributed by atoms with Gasteiger partial charge >= 0.3 is 0 Å². The number of methoxy groups -OCH3 is 2. The van der Waals surface area contributed by atoms with Crippen LogP contribution in [0, 0.1) is 0 Å². The maximum Gasteiger partial charge on any atom is 0.235 e. The lowest BCUT2D eigenvalue weighted by molar-refractivity contribution is 0.176. The summed E-state index contributed by atoms with van der Waals surface area (Å²) in [5.74, 6) is 1.54. The Morgan fingerprint density at radius 2 is 1.95 bits per heavy atom. The zero-order valence-electron chi connectivity index (χ0n) is 11.7. The molecule has 1 aromatic carbocycles. The second-order valence-electron chi connectivity index (χ2n) is 4.29. The Morgan fingerprint density at radius 1 is 1.14 bits per heavy atom. The van der Waals surface area contributed by atoms with E-state index >= 15 is 0 Å². The first kappa shape index (κ1) is 13.7. The van der Waals surface area contributed by atoms with Crippen molar-refractivity contribution in [2.24, 2.45) is 0 Å². The van der Waals surface area contributed by atoms with E-state index in [-0.39, 0.29) is 0 Å². The van der Waals surface area contributed by atoms with Crippen molar-refractivity contribution in [2.75, 3.05) is 14.2 Å².